The molecule has 4 rings (SSSR count). The number of nitrogens with one attached hydrogen (secondary N) is 1. The third-order valence-corrected chi connectivity index (χ3v) is 6.83. The van der Waals surface area contributed by atoms with E-state index in [1.165, 1.54) is 54.0 Å². The van der Waals surface area contributed by atoms with Crippen LogP contribution in [0.2, 0.25) is 0 Å². The van der Waals surface area contributed by atoms with Gasteiger partial charge in [0.15, 0.2) is 6.23 Å². The highest BCUT2D eigenvalue weighted by Gasteiger charge is 2.38. The minimum Gasteiger partial charge on any atom is -0.457 e. The van der Waals surface area contributed by atoms with E-state index in [1.54, 1.807) is 12.1 Å². The van der Waals surface area contributed by atoms with Crippen LogP contribution in [-0.4, -0.2) is 30.6 Å². The van der Waals surface area contributed by atoms with Gasteiger partial charge in [-0.05, 0) is 60.5 Å². The van der Waals surface area contributed by atoms with Crippen LogP contribution in [0.1, 0.15) is 17.4 Å². The molecule has 2 N–H and O–H groups in total. The van der Waals surface area contributed by atoms with Gasteiger partial charge in [-0.15, -0.1) is 0 Å². The van der Waals surface area contributed by atoms with Crippen molar-refractivity contribution in [3.05, 3.63) is 89.7 Å². The standard InChI is InChI=1S/C22H19FN2O6S/c23-16-5-7-17(8-6-16)30-18-9-11-19(12-10-18)32(28,29)25-14-13-15-3-1-2-4-20(15)21(25)31-22(26)24-27/h1-12,21,27H,13-14H2,(H,24,26)/t21-/m0/s1. The molecular formula is C22H19FN2O6S. The summed E-state index contributed by atoms with van der Waals surface area (Å²) in [5, 5.41) is 8.86. The molecule has 166 valence electrons. The summed E-state index contributed by atoms with van der Waals surface area (Å²) in [5.74, 6) is 0.374. The molecule has 0 radical (unpaired) electrons. The van der Waals surface area contributed by atoms with Crippen molar-refractivity contribution in [1.29, 1.82) is 0 Å². The van der Waals surface area contributed by atoms with Gasteiger partial charge in [0, 0.05) is 12.1 Å². The molecule has 8 nitrogen and oxygen atoms in total. The first-order chi connectivity index (χ1) is 15.4. The van der Waals surface area contributed by atoms with Gasteiger partial charge < -0.3 is 9.47 Å². The Morgan fingerprint density at radius 3 is 2.28 bits per heavy atom. The van der Waals surface area contributed by atoms with Crippen molar-refractivity contribution in [3.63, 3.8) is 0 Å². The number of carbonyl (C=O) groups excluding carboxylic acids is 1. The minimum absolute atomic E-state index is 0.0265. The molecule has 0 unspecified atom stereocenters. The average molecular weight is 458 g/mol. The first kappa shape index (κ1) is 21.8. The third kappa shape index (κ3) is 4.42. The zero-order chi connectivity index (χ0) is 22.7. The van der Waals surface area contributed by atoms with Crippen LogP contribution in [0.5, 0.6) is 11.5 Å². The number of hydrogen-bond donors (Lipinski definition) is 2. The lowest BCUT2D eigenvalue weighted by Crippen LogP contribution is -2.43. The quantitative estimate of drug-likeness (QED) is 0.443. The van der Waals surface area contributed by atoms with Crippen molar-refractivity contribution in [2.75, 3.05) is 6.54 Å². The fourth-order valence-corrected chi connectivity index (χ4v) is 4.95. The van der Waals surface area contributed by atoms with E-state index in [2.05, 4.69) is 0 Å². The fourth-order valence-electron chi connectivity index (χ4n) is 3.46. The number of hydrogen-bond acceptors (Lipinski definition) is 6. The maximum absolute atomic E-state index is 13.4. The highest BCUT2D eigenvalue weighted by molar-refractivity contribution is 7.89. The monoisotopic (exact) mass is 458 g/mol. The minimum atomic E-state index is -4.06. The van der Waals surface area contributed by atoms with E-state index >= 15 is 0 Å². The van der Waals surface area contributed by atoms with Crippen molar-refractivity contribution < 1.29 is 32.3 Å². The van der Waals surface area contributed by atoms with Crippen molar-refractivity contribution in [2.45, 2.75) is 17.5 Å². The van der Waals surface area contributed by atoms with Crippen LogP contribution < -0.4 is 10.2 Å². The Hall–Kier alpha value is -3.47. The largest absolute Gasteiger partial charge is 0.457 e. The molecule has 0 fully saturated rings. The smallest absolute Gasteiger partial charge is 0.432 e. The summed E-state index contributed by atoms with van der Waals surface area (Å²) in [6.07, 6.45) is -1.98. The Morgan fingerprint density at radius 2 is 1.62 bits per heavy atom. The number of hydroxylamine groups is 1. The molecule has 1 atom stereocenters. The predicted molar refractivity (Wildman–Crippen MR) is 111 cm³/mol. The number of rotatable bonds is 5. The SMILES string of the molecule is O=C(NO)O[C@H]1c2ccccc2CCN1S(=O)(=O)c1ccc(Oc2ccc(F)cc2)cc1. The summed E-state index contributed by atoms with van der Waals surface area (Å²) >= 11 is 0. The molecule has 0 bridgehead atoms. The summed E-state index contributed by atoms with van der Waals surface area (Å²) in [6.45, 7) is 0.0799. The summed E-state index contributed by atoms with van der Waals surface area (Å²) in [6, 6.07) is 18.1. The van der Waals surface area contributed by atoms with Gasteiger partial charge in [0.05, 0.1) is 4.90 Å². The molecule has 1 aliphatic rings. The van der Waals surface area contributed by atoms with E-state index in [-0.39, 0.29) is 11.4 Å². The maximum Gasteiger partial charge on any atom is 0.432 e. The van der Waals surface area contributed by atoms with Gasteiger partial charge in [-0.3, -0.25) is 5.21 Å². The number of nitrogens with zero attached hydrogens (tertiary/aromatic N) is 1. The molecule has 0 aromatic heterocycles. The van der Waals surface area contributed by atoms with Crippen LogP contribution >= 0.6 is 0 Å². The predicted octanol–water partition coefficient (Wildman–Crippen LogP) is 3.98. The van der Waals surface area contributed by atoms with Gasteiger partial charge >= 0.3 is 6.09 Å². The van der Waals surface area contributed by atoms with Crippen molar-refractivity contribution in [1.82, 2.24) is 9.79 Å². The molecule has 1 aliphatic heterocycles. The Bertz CT molecular complexity index is 1220. The van der Waals surface area contributed by atoms with Gasteiger partial charge in [-0.2, -0.15) is 4.31 Å². The number of benzene rings is 3. The number of ether oxygens (including phenoxy) is 2. The number of carbonyl (C=O) groups is 1. The molecular weight excluding hydrogens is 439 g/mol. The van der Waals surface area contributed by atoms with Gasteiger partial charge in [0.2, 0.25) is 10.0 Å². The number of halogens is 1. The van der Waals surface area contributed by atoms with E-state index in [1.807, 2.05) is 12.1 Å². The third-order valence-electron chi connectivity index (χ3n) is 4.97. The Morgan fingerprint density at radius 1 is 1.00 bits per heavy atom. The molecule has 0 aliphatic carbocycles. The summed E-state index contributed by atoms with van der Waals surface area (Å²) in [7, 11) is -4.06. The zero-order valence-electron chi connectivity index (χ0n) is 16.6. The normalized spacial score (nSPS) is 16.1. The van der Waals surface area contributed by atoms with E-state index in [0.717, 1.165) is 9.87 Å². The van der Waals surface area contributed by atoms with Gasteiger partial charge in [0.1, 0.15) is 17.3 Å². The molecule has 0 spiro atoms. The summed E-state index contributed by atoms with van der Waals surface area (Å²) in [4.78, 5) is 11.7. The van der Waals surface area contributed by atoms with Crippen LogP contribution in [0.15, 0.2) is 77.7 Å². The number of sulfonamides is 1. The maximum atomic E-state index is 13.4. The van der Waals surface area contributed by atoms with Crippen molar-refractivity contribution in [3.8, 4) is 11.5 Å². The highest BCUT2D eigenvalue weighted by Crippen LogP contribution is 2.35. The van der Waals surface area contributed by atoms with Crippen LogP contribution in [0, 0.1) is 5.82 Å². The van der Waals surface area contributed by atoms with Gasteiger partial charge in [0.25, 0.3) is 0 Å². The summed E-state index contributed by atoms with van der Waals surface area (Å²) in [5.41, 5.74) is 2.73. The topological polar surface area (TPSA) is 105 Å². The Kier molecular flexibility index (Phi) is 6.08. The highest BCUT2D eigenvalue weighted by atomic mass is 32.2. The molecule has 10 heteroatoms. The van der Waals surface area contributed by atoms with Crippen LogP contribution in [0.25, 0.3) is 0 Å². The molecule has 1 amide bonds. The molecule has 3 aromatic carbocycles. The van der Waals surface area contributed by atoms with Crippen molar-refractivity contribution in [2.24, 2.45) is 0 Å². The molecule has 0 saturated carbocycles. The zero-order valence-corrected chi connectivity index (χ0v) is 17.5. The second-order valence-electron chi connectivity index (χ2n) is 6.96. The van der Waals surface area contributed by atoms with E-state index in [9.17, 15) is 17.6 Å². The second-order valence-corrected chi connectivity index (χ2v) is 8.85. The Labute approximate surface area is 183 Å². The molecule has 32 heavy (non-hydrogen) atoms. The van der Waals surface area contributed by atoms with Crippen LogP contribution in [0.4, 0.5) is 9.18 Å². The fraction of sp³-hybridized carbons (Fsp3) is 0.136. The van der Waals surface area contributed by atoms with Crippen LogP contribution in [-0.2, 0) is 21.2 Å². The van der Waals surface area contributed by atoms with E-state index in [4.69, 9.17) is 14.7 Å². The first-order valence-corrected chi connectivity index (χ1v) is 11.1. The van der Waals surface area contributed by atoms with Gasteiger partial charge in [-0.1, -0.05) is 24.3 Å². The lowest BCUT2D eigenvalue weighted by atomic mass is 10.00. The van der Waals surface area contributed by atoms with Crippen LogP contribution in [0.3, 0.4) is 0 Å². The molecule has 1 heterocycles. The summed E-state index contributed by atoms with van der Waals surface area (Å²) < 4.78 is 51.6. The van der Waals surface area contributed by atoms with Crippen molar-refractivity contribution >= 4 is 16.1 Å². The first-order valence-electron chi connectivity index (χ1n) is 9.62. The molecule has 3 aromatic rings. The molecule has 0 saturated heterocycles. The average Bonchev–Trinajstić information content (AvgIpc) is 2.81. The van der Waals surface area contributed by atoms with E-state index < -0.39 is 28.2 Å². The lowest BCUT2D eigenvalue weighted by molar-refractivity contribution is 0.00236. The van der Waals surface area contributed by atoms with E-state index in [0.29, 0.717) is 23.5 Å². The lowest BCUT2D eigenvalue weighted by Gasteiger charge is -2.35. The second kappa shape index (κ2) is 8.95. The Balaban J connectivity index is 1.61. The number of fused-ring (bicyclic) bond motifs is 1. The number of amides is 1. The van der Waals surface area contributed by atoms with Gasteiger partial charge in [-0.25, -0.2) is 23.1 Å².